The normalized spacial score (nSPS) is 17.5. The van der Waals surface area contributed by atoms with Crippen molar-refractivity contribution in [3.63, 3.8) is 0 Å². The summed E-state index contributed by atoms with van der Waals surface area (Å²) in [5, 5.41) is 15.0. The van der Waals surface area contributed by atoms with Crippen molar-refractivity contribution in [3.05, 3.63) is 89.8 Å². The molecule has 0 fully saturated rings. The Morgan fingerprint density at radius 3 is 2.81 bits per heavy atom. The third-order valence-electron chi connectivity index (χ3n) is 4.11. The van der Waals surface area contributed by atoms with Crippen molar-refractivity contribution in [1.29, 1.82) is 5.26 Å². The first kappa shape index (κ1) is 15.6. The van der Waals surface area contributed by atoms with Crippen LogP contribution < -0.4 is 10.6 Å². The minimum atomic E-state index is -0.278. The highest BCUT2D eigenvalue weighted by Crippen LogP contribution is 2.34. The lowest BCUT2D eigenvalue weighted by Crippen LogP contribution is -2.28. The zero-order valence-corrected chi connectivity index (χ0v) is 13.6. The Kier molecular flexibility index (Phi) is 3.92. The lowest BCUT2D eigenvalue weighted by Gasteiger charge is -2.26. The summed E-state index contributed by atoms with van der Waals surface area (Å²) in [5.41, 5.74) is 2.77. The summed E-state index contributed by atoms with van der Waals surface area (Å²) < 4.78 is 0. The van der Waals surface area contributed by atoms with Crippen LogP contribution in [0.15, 0.2) is 78.7 Å². The SMILES string of the molecule is N#Cc1ccc(C2NC(C(=O)Nc3ccncn3)=C3C=CC=CN32)cc1. The highest BCUT2D eigenvalue weighted by atomic mass is 16.2. The predicted molar refractivity (Wildman–Crippen MR) is 94.8 cm³/mol. The summed E-state index contributed by atoms with van der Waals surface area (Å²) in [6.45, 7) is 0. The van der Waals surface area contributed by atoms with Crippen LogP contribution in [0.4, 0.5) is 5.82 Å². The second-order valence-electron chi connectivity index (χ2n) is 5.70. The topological polar surface area (TPSA) is 93.9 Å². The summed E-state index contributed by atoms with van der Waals surface area (Å²) >= 11 is 0. The van der Waals surface area contributed by atoms with Crippen LogP contribution in [-0.4, -0.2) is 20.8 Å². The fourth-order valence-electron chi connectivity index (χ4n) is 2.88. The maximum Gasteiger partial charge on any atom is 0.275 e. The van der Waals surface area contributed by atoms with Crippen LogP contribution in [0.25, 0.3) is 0 Å². The van der Waals surface area contributed by atoms with Crippen LogP contribution in [0.2, 0.25) is 0 Å². The van der Waals surface area contributed by atoms with E-state index in [2.05, 4.69) is 26.7 Å². The Labute approximate surface area is 150 Å². The van der Waals surface area contributed by atoms with Crippen molar-refractivity contribution in [1.82, 2.24) is 20.2 Å². The molecule has 0 radical (unpaired) electrons. The molecule has 4 rings (SSSR count). The van der Waals surface area contributed by atoms with Gasteiger partial charge in [-0.3, -0.25) is 4.79 Å². The number of allylic oxidation sites excluding steroid dienone is 3. The number of carbonyl (C=O) groups excluding carboxylic acids is 1. The molecule has 0 bridgehead atoms. The number of amides is 1. The summed E-state index contributed by atoms with van der Waals surface area (Å²) in [6, 6.07) is 11.0. The molecule has 26 heavy (non-hydrogen) atoms. The molecule has 0 saturated carbocycles. The van der Waals surface area contributed by atoms with Gasteiger partial charge in [-0.15, -0.1) is 0 Å². The molecule has 1 aromatic carbocycles. The van der Waals surface area contributed by atoms with Gasteiger partial charge in [-0.25, -0.2) is 9.97 Å². The molecule has 1 unspecified atom stereocenters. The van der Waals surface area contributed by atoms with Gasteiger partial charge < -0.3 is 15.5 Å². The molecule has 126 valence electrons. The zero-order valence-electron chi connectivity index (χ0n) is 13.6. The highest BCUT2D eigenvalue weighted by molar-refractivity contribution is 6.04. The van der Waals surface area contributed by atoms with Crippen LogP contribution in [0.1, 0.15) is 17.3 Å². The number of hydrogen-bond donors (Lipinski definition) is 2. The Bertz CT molecular complexity index is 969. The molecule has 2 aliphatic rings. The maximum absolute atomic E-state index is 12.7. The van der Waals surface area contributed by atoms with Crippen molar-refractivity contribution in [2.24, 2.45) is 0 Å². The standard InChI is InChI=1S/C19H14N6O/c20-11-13-4-6-14(7-5-13)18-24-17(15-3-1-2-10-25(15)18)19(26)23-16-8-9-21-12-22-16/h1-10,12,18,24H,(H,21,22,23,26). The minimum absolute atomic E-state index is 0.231. The van der Waals surface area contributed by atoms with E-state index in [9.17, 15) is 4.79 Å². The average molecular weight is 342 g/mol. The number of aromatic nitrogens is 2. The molecule has 1 amide bonds. The van der Waals surface area contributed by atoms with Crippen LogP contribution in [0.3, 0.4) is 0 Å². The summed E-state index contributed by atoms with van der Waals surface area (Å²) in [7, 11) is 0. The van der Waals surface area contributed by atoms with Gasteiger partial charge in [0.25, 0.3) is 5.91 Å². The first-order chi connectivity index (χ1) is 12.8. The molecular formula is C19H14N6O. The summed E-state index contributed by atoms with van der Waals surface area (Å²) in [5.74, 6) is 0.156. The zero-order chi connectivity index (χ0) is 17.9. The minimum Gasteiger partial charge on any atom is -0.355 e. The molecule has 3 heterocycles. The lowest BCUT2D eigenvalue weighted by atomic mass is 10.1. The number of nitrogens with zero attached hydrogens (tertiary/aromatic N) is 4. The van der Waals surface area contributed by atoms with Gasteiger partial charge in [0, 0.05) is 12.4 Å². The highest BCUT2D eigenvalue weighted by Gasteiger charge is 2.34. The molecule has 7 heteroatoms. The van der Waals surface area contributed by atoms with Gasteiger partial charge in [0.1, 0.15) is 24.0 Å². The predicted octanol–water partition coefficient (Wildman–Crippen LogP) is 2.19. The van der Waals surface area contributed by atoms with Gasteiger partial charge in [0.2, 0.25) is 0 Å². The van der Waals surface area contributed by atoms with Crippen molar-refractivity contribution >= 4 is 11.7 Å². The van der Waals surface area contributed by atoms with E-state index < -0.39 is 0 Å². The molecule has 7 nitrogen and oxygen atoms in total. The van der Waals surface area contributed by atoms with Gasteiger partial charge in [-0.2, -0.15) is 5.26 Å². The van der Waals surface area contributed by atoms with Crippen molar-refractivity contribution < 1.29 is 4.79 Å². The van der Waals surface area contributed by atoms with E-state index in [1.165, 1.54) is 6.33 Å². The molecule has 2 N–H and O–H groups in total. The van der Waals surface area contributed by atoms with Crippen molar-refractivity contribution in [2.75, 3.05) is 5.32 Å². The molecule has 0 saturated heterocycles. The molecule has 1 aromatic heterocycles. The van der Waals surface area contributed by atoms with Crippen LogP contribution in [0, 0.1) is 11.3 Å². The molecule has 1 atom stereocenters. The second kappa shape index (κ2) is 6.53. The Morgan fingerprint density at radius 1 is 1.23 bits per heavy atom. The van der Waals surface area contributed by atoms with Crippen molar-refractivity contribution in [2.45, 2.75) is 6.17 Å². The Balaban J connectivity index is 1.62. The van der Waals surface area contributed by atoms with E-state index in [1.807, 2.05) is 41.5 Å². The van der Waals surface area contributed by atoms with E-state index >= 15 is 0 Å². The van der Waals surface area contributed by atoms with Gasteiger partial charge >= 0.3 is 0 Å². The molecule has 2 aromatic rings. The van der Waals surface area contributed by atoms with E-state index in [4.69, 9.17) is 5.26 Å². The average Bonchev–Trinajstić information content (AvgIpc) is 3.09. The first-order valence-corrected chi connectivity index (χ1v) is 7.98. The lowest BCUT2D eigenvalue weighted by molar-refractivity contribution is -0.113. The monoisotopic (exact) mass is 342 g/mol. The maximum atomic E-state index is 12.7. The quantitative estimate of drug-likeness (QED) is 0.888. The molecular weight excluding hydrogens is 328 g/mol. The van der Waals surface area contributed by atoms with E-state index in [-0.39, 0.29) is 12.1 Å². The number of nitriles is 1. The number of fused-ring (bicyclic) bond motifs is 1. The van der Waals surface area contributed by atoms with Crippen LogP contribution in [-0.2, 0) is 4.79 Å². The van der Waals surface area contributed by atoms with E-state index in [0.717, 1.165) is 11.3 Å². The van der Waals surface area contributed by atoms with Crippen LogP contribution in [0.5, 0.6) is 0 Å². The van der Waals surface area contributed by atoms with E-state index in [1.54, 1.807) is 24.4 Å². The van der Waals surface area contributed by atoms with Gasteiger partial charge in [0.15, 0.2) is 0 Å². The number of benzene rings is 1. The Morgan fingerprint density at radius 2 is 2.08 bits per heavy atom. The molecule has 0 spiro atoms. The van der Waals surface area contributed by atoms with Gasteiger partial charge in [-0.05, 0) is 35.9 Å². The third kappa shape index (κ3) is 2.80. The smallest absolute Gasteiger partial charge is 0.275 e. The van der Waals surface area contributed by atoms with Gasteiger partial charge in [0.05, 0.1) is 17.3 Å². The number of nitrogens with one attached hydrogen (secondary N) is 2. The number of carbonyl (C=O) groups is 1. The number of anilines is 1. The summed E-state index contributed by atoms with van der Waals surface area (Å²) in [6.07, 6.45) is 10.3. The molecule has 2 aliphatic heterocycles. The van der Waals surface area contributed by atoms with Crippen LogP contribution >= 0.6 is 0 Å². The summed E-state index contributed by atoms with van der Waals surface area (Å²) in [4.78, 5) is 22.6. The number of rotatable bonds is 3. The first-order valence-electron chi connectivity index (χ1n) is 7.98. The fourth-order valence-corrected chi connectivity index (χ4v) is 2.88. The fraction of sp³-hybridized carbons (Fsp3) is 0.0526. The van der Waals surface area contributed by atoms with Gasteiger partial charge in [-0.1, -0.05) is 18.2 Å². The second-order valence-corrected chi connectivity index (χ2v) is 5.70. The largest absolute Gasteiger partial charge is 0.355 e. The number of hydrogen-bond acceptors (Lipinski definition) is 6. The molecule has 0 aliphatic carbocycles. The third-order valence-corrected chi connectivity index (χ3v) is 4.11. The Hall–Kier alpha value is -3.92. The van der Waals surface area contributed by atoms with E-state index in [0.29, 0.717) is 17.1 Å². The van der Waals surface area contributed by atoms with Crippen molar-refractivity contribution in [3.8, 4) is 6.07 Å².